The molecule has 1 aromatic heterocycles. The third kappa shape index (κ3) is 2.49. The van der Waals surface area contributed by atoms with E-state index in [-0.39, 0.29) is 10.3 Å². The Kier molecular flexibility index (Phi) is 3.19. The van der Waals surface area contributed by atoms with E-state index < -0.39 is 9.05 Å². The van der Waals surface area contributed by atoms with Crippen molar-refractivity contribution in [3.63, 3.8) is 0 Å². The minimum Gasteiger partial charge on any atom is -0.460 e. The second kappa shape index (κ2) is 4.58. The van der Waals surface area contributed by atoms with Gasteiger partial charge in [-0.15, -0.1) is 0 Å². The third-order valence-electron chi connectivity index (χ3n) is 3.57. The van der Waals surface area contributed by atoms with E-state index in [1.54, 1.807) is 12.1 Å². The van der Waals surface area contributed by atoms with Crippen molar-refractivity contribution < 1.29 is 12.8 Å². The van der Waals surface area contributed by atoms with Crippen molar-refractivity contribution in [1.82, 2.24) is 0 Å². The van der Waals surface area contributed by atoms with Crippen LogP contribution in [0.25, 0.3) is 11.0 Å². The van der Waals surface area contributed by atoms with E-state index in [1.807, 2.05) is 0 Å². The molecule has 0 N–H and O–H groups in total. The van der Waals surface area contributed by atoms with Gasteiger partial charge in [-0.1, -0.05) is 20.8 Å². The van der Waals surface area contributed by atoms with Crippen molar-refractivity contribution >= 4 is 36.4 Å². The molecule has 3 rings (SSSR count). The molecule has 0 unspecified atom stereocenters. The molecule has 1 aromatic carbocycles. The summed E-state index contributed by atoms with van der Waals surface area (Å²) in [6.45, 7) is 6.95. The Balaban J connectivity index is 2.32. The van der Waals surface area contributed by atoms with Gasteiger partial charge in [0.2, 0.25) is 0 Å². The predicted octanol–water partition coefficient (Wildman–Crippen LogP) is 3.75. The minimum absolute atomic E-state index is 0.0825. The van der Waals surface area contributed by atoms with Crippen LogP contribution in [0.4, 0.5) is 0 Å². The topological polar surface area (TPSA) is 59.6 Å². The monoisotopic (exact) mass is 325 g/mol. The zero-order valence-electron chi connectivity index (χ0n) is 12.1. The first-order valence-electron chi connectivity index (χ1n) is 6.73. The predicted molar refractivity (Wildman–Crippen MR) is 83.8 cm³/mol. The lowest BCUT2D eigenvalue weighted by Gasteiger charge is -2.24. The molecule has 0 amide bonds. The first-order chi connectivity index (χ1) is 9.68. The number of fused-ring (bicyclic) bond motifs is 3. The molecule has 0 fully saturated rings. The summed E-state index contributed by atoms with van der Waals surface area (Å²) < 4.78 is 29.0. The van der Waals surface area contributed by atoms with Crippen molar-refractivity contribution in [3.8, 4) is 0 Å². The number of aliphatic imine (C=N–C) groups is 1. The van der Waals surface area contributed by atoms with Crippen LogP contribution in [0.1, 0.15) is 32.1 Å². The van der Waals surface area contributed by atoms with E-state index in [1.165, 1.54) is 6.07 Å². The fourth-order valence-electron chi connectivity index (χ4n) is 2.68. The van der Waals surface area contributed by atoms with Crippen LogP contribution in [-0.2, 0) is 15.5 Å². The molecule has 4 nitrogen and oxygen atoms in total. The summed E-state index contributed by atoms with van der Waals surface area (Å²) in [6.07, 6.45) is 0.729. The summed E-state index contributed by atoms with van der Waals surface area (Å²) in [5.74, 6) is 0.869. The summed E-state index contributed by atoms with van der Waals surface area (Å²) in [6, 6.07) is 4.70. The molecule has 0 radical (unpaired) electrons. The van der Waals surface area contributed by atoms with Crippen LogP contribution < -0.4 is 0 Å². The molecule has 0 saturated heterocycles. The molecule has 0 atom stereocenters. The molecule has 0 saturated carbocycles. The Morgan fingerprint density at radius 3 is 2.62 bits per heavy atom. The summed E-state index contributed by atoms with van der Waals surface area (Å²) in [5, 5.41) is 0.764. The number of halogens is 1. The highest BCUT2D eigenvalue weighted by Gasteiger charge is 2.30. The maximum atomic E-state index is 11.5. The first kappa shape index (κ1) is 14.6. The molecule has 2 aromatic rings. The number of nitrogens with zero attached hydrogens (tertiary/aromatic N) is 1. The zero-order chi connectivity index (χ0) is 15.4. The second-order valence-corrected chi connectivity index (χ2v) is 8.79. The molecule has 21 heavy (non-hydrogen) atoms. The molecular formula is C15H16ClNO3S. The lowest BCUT2D eigenvalue weighted by Crippen LogP contribution is -2.25. The van der Waals surface area contributed by atoms with Crippen molar-refractivity contribution in [2.45, 2.75) is 32.1 Å². The molecule has 1 aliphatic rings. The van der Waals surface area contributed by atoms with E-state index in [9.17, 15) is 8.42 Å². The van der Waals surface area contributed by atoms with Gasteiger partial charge < -0.3 is 4.42 Å². The second-order valence-electron chi connectivity index (χ2n) is 6.23. The van der Waals surface area contributed by atoms with E-state index in [4.69, 9.17) is 15.1 Å². The van der Waals surface area contributed by atoms with E-state index >= 15 is 0 Å². The smallest absolute Gasteiger partial charge is 0.261 e. The Labute approximate surface area is 128 Å². The fraction of sp³-hybridized carbons (Fsp3) is 0.400. The maximum Gasteiger partial charge on any atom is 0.261 e. The van der Waals surface area contributed by atoms with Crippen molar-refractivity contribution in [2.75, 3.05) is 6.54 Å². The lowest BCUT2D eigenvalue weighted by atomic mass is 9.83. The zero-order valence-corrected chi connectivity index (χ0v) is 13.7. The standard InChI is InChI=1S/C15H16ClNO3S/c1-15(2,3)14-13-10-8-9(21(16,18)19)4-5-11(10)20-12(13)6-7-17-14/h4-5,8H,6-7H2,1-3H3. The van der Waals surface area contributed by atoms with Gasteiger partial charge in [0.05, 0.1) is 10.6 Å². The average molecular weight is 326 g/mol. The Hall–Kier alpha value is -1.33. The SMILES string of the molecule is CC(C)(C)C1=NCCc2oc3ccc(S(=O)(=O)Cl)cc3c21. The summed E-state index contributed by atoms with van der Waals surface area (Å²) in [5.41, 5.74) is 2.41. The van der Waals surface area contributed by atoms with Gasteiger partial charge in [-0.25, -0.2) is 8.42 Å². The van der Waals surface area contributed by atoms with Gasteiger partial charge >= 0.3 is 0 Å². The first-order valence-corrected chi connectivity index (χ1v) is 9.04. The van der Waals surface area contributed by atoms with E-state index in [2.05, 4.69) is 25.8 Å². The Bertz CT molecular complexity index is 857. The number of benzene rings is 1. The summed E-state index contributed by atoms with van der Waals surface area (Å²) in [7, 11) is 1.69. The maximum absolute atomic E-state index is 11.5. The third-order valence-corrected chi connectivity index (χ3v) is 4.92. The van der Waals surface area contributed by atoms with Crippen LogP contribution in [0.5, 0.6) is 0 Å². The highest BCUT2D eigenvalue weighted by molar-refractivity contribution is 8.13. The quantitative estimate of drug-likeness (QED) is 0.750. The van der Waals surface area contributed by atoms with Gasteiger partial charge in [-0.2, -0.15) is 0 Å². The van der Waals surface area contributed by atoms with Crippen molar-refractivity contribution in [3.05, 3.63) is 29.5 Å². The fourth-order valence-corrected chi connectivity index (χ4v) is 3.45. The van der Waals surface area contributed by atoms with Gasteiger partial charge in [-0.3, -0.25) is 4.99 Å². The van der Waals surface area contributed by atoms with E-state index in [0.717, 1.165) is 28.8 Å². The van der Waals surface area contributed by atoms with Gasteiger partial charge in [0.15, 0.2) is 0 Å². The molecule has 0 aliphatic carbocycles. The lowest BCUT2D eigenvalue weighted by molar-refractivity contribution is 0.532. The normalized spacial score (nSPS) is 15.9. The highest BCUT2D eigenvalue weighted by Crippen LogP contribution is 2.36. The molecular weight excluding hydrogens is 310 g/mol. The van der Waals surface area contributed by atoms with Crippen LogP contribution in [0.2, 0.25) is 0 Å². The summed E-state index contributed by atoms with van der Waals surface area (Å²) in [4.78, 5) is 4.71. The Morgan fingerprint density at radius 1 is 1.29 bits per heavy atom. The van der Waals surface area contributed by atoms with Gasteiger partial charge in [0.1, 0.15) is 11.3 Å². The van der Waals surface area contributed by atoms with Crippen molar-refractivity contribution in [1.29, 1.82) is 0 Å². The number of furan rings is 1. The molecule has 6 heteroatoms. The highest BCUT2D eigenvalue weighted by atomic mass is 35.7. The number of hydrogen-bond acceptors (Lipinski definition) is 4. The molecule has 2 heterocycles. The van der Waals surface area contributed by atoms with Gasteiger partial charge in [-0.05, 0) is 18.2 Å². The molecule has 0 bridgehead atoms. The molecule has 1 aliphatic heterocycles. The summed E-state index contributed by atoms with van der Waals surface area (Å²) >= 11 is 0. The van der Waals surface area contributed by atoms with Crippen LogP contribution in [-0.4, -0.2) is 20.7 Å². The average Bonchev–Trinajstić information content (AvgIpc) is 2.73. The van der Waals surface area contributed by atoms with Crippen LogP contribution in [0, 0.1) is 5.41 Å². The van der Waals surface area contributed by atoms with Crippen LogP contribution in [0.3, 0.4) is 0 Å². The minimum atomic E-state index is -3.76. The van der Waals surface area contributed by atoms with Crippen LogP contribution >= 0.6 is 10.7 Å². The number of hydrogen-bond donors (Lipinski definition) is 0. The molecule has 0 spiro atoms. The van der Waals surface area contributed by atoms with Crippen molar-refractivity contribution in [2.24, 2.45) is 10.4 Å². The van der Waals surface area contributed by atoms with Gasteiger partial charge in [0.25, 0.3) is 9.05 Å². The largest absolute Gasteiger partial charge is 0.460 e. The number of rotatable bonds is 1. The van der Waals surface area contributed by atoms with Gasteiger partial charge in [0, 0.05) is 40.0 Å². The molecule has 112 valence electrons. The van der Waals surface area contributed by atoms with E-state index in [0.29, 0.717) is 12.1 Å². The Morgan fingerprint density at radius 2 is 2.00 bits per heavy atom. The van der Waals surface area contributed by atoms with Crippen LogP contribution in [0.15, 0.2) is 32.5 Å².